The zero-order valence-electron chi connectivity index (χ0n) is 45.5. The molecule has 1 atom stereocenters. The average Bonchev–Trinajstić information content (AvgIpc) is 3.33. The maximum Gasteiger partial charge on any atom is 0.306 e. The lowest BCUT2D eigenvalue weighted by Gasteiger charge is -2.18. The summed E-state index contributed by atoms with van der Waals surface area (Å²) in [7, 11) is 0. The number of hydrogen-bond acceptors (Lipinski definition) is 6. The first-order valence-corrected chi connectivity index (χ1v) is 30.2. The topological polar surface area (TPSA) is 78.9 Å². The molecule has 0 bridgehead atoms. The van der Waals surface area contributed by atoms with Crippen LogP contribution < -0.4 is 0 Å². The molecule has 6 heteroatoms. The summed E-state index contributed by atoms with van der Waals surface area (Å²) >= 11 is 0. The Bertz CT molecular complexity index is 1040. The molecule has 396 valence electrons. The van der Waals surface area contributed by atoms with Crippen LogP contribution in [0, 0.1) is 0 Å². The quantitative estimate of drug-likeness (QED) is 0.0262. The molecule has 0 saturated heterocycles. The molecule has 0 N–H and O–H groups in total. The highest BCUT2D eigenvalue weighted by Crippen LogP contribution is 2.17. The van der Waals surface area contributed by atoms with Crippen molar-refractivity contribution in [3.05, 3.63) is 12.2 Å². The Kier molecular flexibility index (Phi) is 55.2. The minimum Gasteiger partial charge on any atom is -0.462 e. The first-order valence-electron chi connectivity index (χ1n) is 30.2. The van der Waals surface area contributed by atoms with Gasteiger partial charge in [-0.05, 0) is 44.9 Å². The van der Waals surface area contributed by atoms with Gasteiger partial charge in [-0.15, -0.1) is 0 Å². The van der Waals surface area contributed by atoms with E-state index < -0.39 is 6.10 Å². The van der Waals surface area contributed by atoms with E-state index in [2.05, 4.69) is 32.9 Å². The van der Waals surface area contributed by atoms with Gasteiger partial charge in [0.05, 0.1) is 0 Å². The highest BCUT2D eigenvalue weighted by atomic mass is 16.6. The van der Waals surface area contributed by atoms with E-state index in [-0.39, 0.29) is 31.1 Å². The smallest absolute Gasteiger partial charge is 0.306 e. The fraction of sp³-hybridized carbons (Fsp3) is 0.918. The van der Waals surface area contributed by atoms with Crippen molar-refractivity contribution in [2.45, 2.75) is 348 Å². The second kappa shape index (κ2) is 56.7. The summed E-state index contributed by atoms with van der Waals surface area (Å²) in [6, 6.07) is 0. The van der Waals surface area contributed by atoms with Crippen LogP contribution in [0.4, 0.5) is 0 Å². The van der Waals surface area contributed by atoms with Gasteiger partial charge in [-0.3, -0.25) is 14.4 Å². The van der Waals surface area contributed by atoms with Crippen molar-refractivity contribution in [3.63, 3.8) is 0 Å². The minimum atomic E-state index is -0.765. The molecule has 0 heterocycles. The van der Waals surface area contributed by atoms with E-state index in [1.807, 2.05) is 0 Å². The molecule has 0 aromatic carbocycles. The van der Waals surface area contributed by atoms with Crippen molar-refractivity contribution >= 4 is 17.9 Å². The predicted octanol–water partition coefficient (Wildman–Crippen LogP) is 20.1. The lowest BCUT2D eigenvalue weighted by Crippen LogP contribution is -2.30. The Morgan fingerprint density at radius 1 is 0.284 bits per heavy atom. The third kappa shape index (κ3) is 55.0. The molecule has 0 unspecified atom stereocenters. The van der Waals surface area contributed by atoms with Gasteiger partial charge in [0.25, 0.3) is 0 Å². The van der Waals surface area contributed by atoms with E-state index in [0.717, 1.165) is 57.8 Å². The largest absolute Gasteiger partial charge is 0.462 e. The Labute approximate surface area is 418 Å². The molecule has 0 fully saturated rings. The molecular weight excluding hydrogens is 829 g/mol. The number of allylic oxidation sites excluding steroid dienone is 2. The van der Waals surface area contributed by atoms with E-state index in [1.54, 1.807) is 0 Å². The van der Waals surface area contributed by atoms with E-state index in [0.29, 0.717) is 19.3 Å². The van der Waals surface area contributed by atoms with E-state index in [9.17, 15) is 14.4 Å². The zero-order valence-corrected chi connectivity index (χ0v) is 45.5. The first kappa shape index (κ1) is 65.1. The minimum absolute atomic E-state index is 0.0641. The van der Waals surface area contributed by atoms with Crippen molar-refractivity contribution in [1.82, 2.24) is 0 Å². The Morgan fingerprint density at radius 2 is 0.493 bits per heavy atom. The van der Waals surface area contributed by atoms with Crippen molar-refractivity contribution in [1.29, 1.82) is 0 Å². The van der Waals surface area contributed by atoms with Gasteiger partial charge in [0.1, 0.15) is 13.2 Å². The van der Waals surface area contributed by atoms with Crippen LogP contribution in [0.3, 0.4) is 0 Å². The van der Waals surface area contributed by atoms with E-state index >= 15 is 0 Å². The maximum atomic E-state index is 12.9. The highest BCUT2D eigenvalue weighted by molar-refractivity contribution is 5.71. The molecule has 67 heavy (non-hydrogen) atoms. The van der Waals surface area contributed by atoms with Crippen LogP contribution in [-0.4, -0.2) is 37.2 Å². The normalized spacial score (nSPS) is 12.0. The number of rotatable bonds is 56. The van der Waals surface area contributed by atoms with Crippen LogP contribution in [0.2, 0.25) is 0 Å². The maximum absolute atomic E-state index is 12.9. The molecule has 0 rings (SSSR count). The summed E-state index contributed by atoms with van der Waals surface area (Å²) in [5, 5.41) is 0. The molecule has 0 radical (unpaired) electrons. The van der Waals surface area contributed by atoms with Gasteiger partial charge in [0.15, 0.2) is 6.10 Å². The van der Waals surface area contributed by atoms with Crippen LogP contribution in [0.5, 0.6) is 0 Å². The Morgan fingerprint density at radius 3 is 0.746 bits per heavy atom. The van der Waals surface area contributed by atoms with Crippen LogP contribution in [0.15, 0.2) is 12.2 Å². The van der Waals surface area contributed by atoms with Gasteiger partial charge >= 0.3 is 17.9 Å². The fourth-order valence-electron chi connectivity index (χ4n) is 9.21. The van der Waals surface area contributed by atoms with E-state index in [1.165, 1.54) is 244 Å². The molecular formula is C61H116O6. The molecule has 0 aromatic heterocycles. The third-order valence-corrected chi connectivity index (χ3v) is 13.8. The van der Waals surface area contributed by atoms with Crippen molar-refractivity contribution in [3.8, 4) is 0 Å². The van der Waals surface area contributed by atoms with Gasteiger partial charge in [-0.2, -0.15) is 0 Å². The van der Waals surface area contributed by atoms with Crippen LogP contribution >= 0.6 is 0 Å². The molecule has 6 nitrogen and oxygen atoms in total. The molecule has 0 aliphatic heterocycles. The Hall–Kier alpha value is -1.85. The van der Waals surface area contributed by atoms with Gasteiger partial charge < -0.3 is 14.2 Å². The average molecular weight is 946 g/mol. The standard InChI is InChI=1S/C61H116O6/c1-4-7-10-13-16-19-22-25-28-30-31-32-34-36-39-42-45-48-51-54-60(63)66-57-58(56-65-59(62)53-50-47-44-41-38-35-27-24-21-18-15-12-9-6-3)67-61(64)55-52-49-46-43-40-37-33-29-26-23-20-17-14-11-8-5-2/h25,28,58H,4-24,26-27,29-57H2,1-3H3/b28-25-/t58-/m1/s1. The summed E-state index contributed by atoms with van der Waals surface area (Å²) in [6.45, 7) is 6.70. The number of unbranched alkanes of at least 4 members (excludes halogenated alkanes) is 43. The van der Waals surface area contributed by atoms with Gasteiger partial charge in [-0.25, -0.2) is 0 Å². The van der Waals surface area contributed by atoms with Gasteiger partial charge in [0, 0.05) is 19.3 Å². The monoisotopic (exact) mass is 945 g/mol. The number of carbonyl (C=O) groups is 3. The number of hydrogen-bond donors (Lipinski definition) is 0. The molecule has 0 saturated carbocycles. The van der Waals surface area contributed by atoms with Gasteiger partial charge in [-0.1, -0.05) is 290 Å². The summed E-state index contributed by atoms with van der Waals surface area (Å²) in [5.74, 6) is -0.839. The lowest BCUT2D eigenvalue weighted by atomic mass is 10.0. The van der Waals surface area contributed by atoms with E-state index in [4.69, 9.17) is 14.2 Å². The summed E-state index contributed by atoms with van der Waals surface area (Å²) in [5.41, 5.74) is 0. The SMILES string of the molecule is CCCCCCCC/C=C\CCCCCCCCCCCC(=O)OC[C@@H](COC(=O)CCCCCCCCCCCCCCCC)OC(=O)CCCCCCCCCCCCCCCCCC. The molecule has 0 spiro atoms. The second-order valence-electron chi connectivity index (χ2n) is 20.6. The lowest BCUT2D eigenvalue weighted by molar-refractivity contribution is -0.167. The molecule has 0 aliphatic carbocycles. The molecule has 0 amide bonds. The summed E-state index contributed by atoms with van der Waals surface area (Å²) in [6.07, 6.45) is 64.9. The van der Waals surface area contributed by atoms with Crippen LogP contribution in [0.1, 0.15) is 342 Å². The van der Waals surface area contributed by atoms with Gasteiger partial charge in [0.2, 0.25) is 0 Å². The van der Waals surface area contributed by atoms with Crippen molar-refractivity contribution in [2.24, 2.45) is 0 Å². The number of carbonyl (C=O) groups excluding carboxylic acids is 3. The highest BCUT2D eigenvalue weighted by Gasteiger charge is 2.19. The van der Waals surface area contributed by atoms with Crippen LogP contribution in [-0.2, 0) is 28.6 Å². The summed E-state index contributed by atoms with van der Waals surface area (Å²) < 4.78 is 16.9. The predicted molar refractivity (Wildman–Crippen MR) is 289 cm³/mol. The molecule has 0 aliphatic rings. The second-order valence-corrected chi connectivity index (χ2v) is 20.6. The Balaban J connectivity index is 4.29. The zero-order chi connectivity index (χ0) is 48.6. The first-order chi connectivity index (χ1) is 33.0. The molecule has 0 aromatic rings. The van der Waals surface area contributed by atoms with Crippen molar-refractivity contribution < 1.29 is 28.6 Å². The number of ether oxygens (including phenoxy) is 3. The number of esters is 3. The fourth-order valence-corrected chi connectivity index (χ4v) is 9.21. The van der Waals surface area contributed by atoms with Crippen molar-refractivity contribution in [2.75, 3.05) is 13.2 Å². The summed E-state index contributed by atoms with van der Waals surface area (Å²) in [4.78, 5) is 38.2. The third-order valence-electron chi connectivity index (χ3n) is 13.8. The van der Waals surface area contributed by atoms with Crippen LogP contribution in [0.25, 0.3) is 0 Å².